The maximum atomic E-state index is 11.9. The molecule has 1 aliphatic heterocycles. The zero-order valence-electron chi connectivity index (χ0n) is 9.91. The highest BCUT2D eigenvalue weighted by Crippen LogP contribution is 2.17. The topological polar surface area (TPSA) is 58.4 Å². The minimum atomic E-state index is -0.0391. The summed E-state index contributed by atoms with van der Waals surface area (Å²) in [5.41, 5.74) is 0.887. The van der Waals surface area contributed by atoms with E-state index in [9.17, 15) is 4.79 Å². The molecule has 17 heavy (non-hydrogen) atoms. The van der Waals surface area contributed by atoms with Gasteiger partial charge in [0.15, 0.2) is 0 Å². The summed E-state index contributed by atoms with van der Waals surface area (Å²) in [5, 5.41) is 13.2. The molecule has 0 saturated carbocycles. The number of carbonyl (C=O) groups is 1. The Kier molecular flexibility index (Phi) is 3.58. The van der Waals surface area contributed by atoms with Crippen LogP contribution in [-0.2, 0) is 11.8 Å². The number of aliphatic hydroxyl groups is 1. The molecule has 0 spiro atoms. The minimum absolute atomic E-state index is 0.0151. The maximum Gasteiger partial charge on any atom is 0.246 e. The molecule has 0 radical (unpaired) electrons. The Morgan fingerprint density at radius 3 is 3.18 bits per heavy atom. The lowest BCUT2D eigenvalue weighted by molar-refractivity contribution is -0.127. The molecule has 92 valence electrons. The van der Waals surface area contributed by atoms with Crippen molar-refractivity contribution in [2.75, 3.05) is 13.2 Å². The number of rotatable bonds is 3. The largest absolute Gasteiger partial charge is 0.394 e. The van der Waals surface area contributed by atoms with Gasteiger partial charge >= 0.3 is 0 Å². The van der Waals surface area contributed by atoms with Crippen molar-refractivity contribution in [3.63, 3.8) is 0 Å². The zero-order valence-corrected chi connectivity index (χ0v) is 9.91. The molecule has 5 heteroatoms. The van der Waals surface area contributed by atoms with Gasteiger partial charge in [-0.2, -0.15) is 5.10 Å². The van der Waals surface area contributed by atoms with Gasteiger partial charge in [-0.25, -0.2) is 0 Å². The molecule has 1 aromatic rings. The van der Waals surface area contributed by atoms with Crippen molar-refractivity contribution >= 4 is 12.0 Å². The third-order valence-corrected chi connectivity index (χ3v) is 3.13. The van der Waals surface area contributed by atoms with Crippen LogP contribution in [0.2, 0.25) is 0 Å². The quantitative estimate of drug-likeness (QED) is 0.772. The van der Waals surface area contributed by atoms with Crippen LogP contribution in [0, 0.1) is 0 Å². The number of carbonyl (C=O) groups excluding carboxylic acids is 1. The van der Waals surface area contributed by atoms with Crippen LogP contribution < -0.4 is 0 Å². The first kappa shape index (κ1) is 11.9. The van der Waals surface area contributed by atoms with Crippen LogP contribution in [0.1, 0.15) is 18.5 Å². The van der Waals surface area contributed by atoms with E-state index < -0.39 is 0 Å². The number of aromatic nitrogens is 2. The molecule has 1 fully saturated rings. The van der Waals surface area contributed by atoms with Gasteiger partial charge in [0, 0.05) is 25.9 Å². The van der Waals surface area contributed by atoms with E-state index >= 15 is 0 Å². The lowest BCUT2D eigenvalue weighted by Crippen LogP contribution is -2.36. The Balaban J connectivity index is 2.02. The van der Waals surface area contributed by atoms with Gasteiger partial charge in [-0.05, 0) is 25.0 Å². The SMILES string of the molecule is Cn1nccc1C=CC(=O)N1CCC[C@H]1CO. The first-order chi connectivity index (χ1) is 8.22. The standard InChI is InChI=1S/C12H17N3O2/c1-14-10(6-7-13-14)4-5-12(17)15-8-2-3-11(15)9-16/h4-7,11,16H,2-3,8-9H2,1H3/t11-/m0/s1. The Morgan fingerprint density at radius 1 is 1.71 bits per heavy atom. The van der Waals surface area contributed by atoms with Crippen LogP contribution in [0.4, 0.5) is 0 Å². The highest BCUT2D eigenvalue weighted by molar-refractivity contribution is 5.91. The van der Waals surface area contributed by atoms with Crippen LogP contribution in [0.5, 0.6) is 0 Å². The van der Waals surface area contributed by atoms with E-state index in [2.05, 4.69) is 5.10 Å². The molecule has 0 bridgehead atoms. The Morgan fingerprint density at radius 2 is 2.53 bits per heavy atom. The van der Waals surface area contributed by atoms with E-state index in [1.807, 2.05) is 13.1 Å². The number of likely N-dealkylation sites (tertiary alicyclic amines) is 1. The first-order valence-electron chi connectivity index (χ1n) is 5.80. The summed E-state index contributed by atoms with van der Waals surface area (Å²) < 4.78 is 1.71. The number of hydrogen-bond acceptors (Lipinski definition) is 3. The van der Waals surface area contributed by atoms with Crippen LogP contribution in [0.25, 0.3) is 6.08 Å². The summed E-state index contributed by atoms with van der Waals surface area (Å²) in [6, 6.07) is 1.83. The molecule has 2 heterocycles. The van der Waals surface area contributed by atoms with E-state index in [1.165, 1.54) is 0 Å². The van der Waals surface area contributed by atoms with Crippen molar-refractivity contribution < 1.29 is 9.90 Å². The van der Waals surface area contributed by atoms with Gasteiger partial charge in [0.05, 0.1) is 18.3 Å². The van der Waals surface area contributed by atoms with Gasteiger partial charge in [0.2, 0.25) is 5.91 Å². The van der Waals surface area contributed by atoms with Crippen molar-refractivity contribution in [3.8, 4) is 0 Å². The molecule has 1 aromatic heterocycles. The second kappa shape index (κ2) is 5.14. The van der Waals surface area contributed by atoms with E-state index in [1.54, 1.807) is 27.9 Å². The molecule has 1 N–H and O–H groups in total. The molecule has 5 nitrogen and oxygen atoms in total. The van der Waals surface area contributed by atoms with E-state index in [0.29, 0.717) is 0 Å². The van der Waals surface area contributed by atoms with Gasteiger partial charge in [0.1, 0.15) is 0 Å². The van der Waals surface area contributed by atoms with Gasteiger partial charge in [-0.15, -0.1) is 0 Å². The summed E-state index contributed by atoms with van der Waals surface area (Å²) in [4.78, 5) is 13.6. The van der Waals surface area contributed by atoms with Crippen molar-refractivity contribution in [3.05, 3.63) is 24.0 Å². The zero-order chi connectivity index (χ0) is 12.3. The van der Waals surface area contributed by atoms with Crippen molar-refractivity contribution in [2.45, 2.75) is 18.9 Å². The molecule has 0 aliphatic carbocycles. The number of hydrogen-bond donors (Lipinski definition) is 1. The molecule has 1 amide bonds. The predicted octanol–water partition coefficient (Wildman–Crippen LogP) is 0.417. The average molecular weight is 235 g/mol. The third kappa shape index (κ3) is 2.55. The van der Waals surface area contributed by atoms with Crippen LogP contribution in [0.15, 0.2) is 18.3 Å². The second-order valence-electron chi connectivity index (χ2n) is 4.22. The summed E-state index contributed by atoms with van der Waals surface area (Å²) in [6.07, 6.45) is 6.85. The van der Waals surface area contributed by atoms with Crippen molar-refractivity contribution in [1.29, 1.82) is 0 Å². The number of amides is 1. The highest BCUT2D eigenvalue weighted by atomic mass is 16.3. The summed E-state index contributed by atoms with van der Waals surface area (Å²) in [7, 11) is 1.83. The lowest BCUT2D eigenvalue weighted by Gasteiger charge is -2.21. The summed E-state index contributed by atoms with van der Waals surface area (Å²) in [6.45, 7) is 0.783. The molecule has 0 aromatic carbocycles. The summed E-state index contributed by atoms with van der Waals surface area (Å²) in [5.74, 6) is -0.0391. The first-order valence-corrected chi connectivity index (χ1v) is 5.80. The fourth-order valence-corrected chi connectivity index (χ4v) is 2.12. The Bertz CT molecular complexity index is 425. The van der Waals surface area contributed by atoms with Crippen LogP contribution >= 0.6 is 0 Å². The number of aryl methyl sites for hydroxylation is 1. The Labute approximate surface area is 100 Å². The van der Waals surface area contributed by atoms with E-state index in [-0.39, 0.29) is 18.6 Å². The molecular formula is C12H17N3O2. The third-order valence-electron chi connectivity index (χ3n) is 3.13. The van der Waals surface area contributed by atoms with E-state index in [0.717, 1.165) is 25.1 Å². The van der Waals surface area contributed by atoms with Crippen molar-refractivity contribution in [1.82, 2.24) is 14.7 Å². The molecule has 1 atom stereocenters. The summed E-state index contributed by atoms with van der Waals surface area (Å²) >= 11 is 0. The van der Waals surface area contributed by atoms with Crippen molar-refractivity contribution in [2.24, 2.45) is 7.05 Å². The Hall–Kier alpha value is -1.62. The highest BCUT2D eigenvalue weighted by Gasteiger charge is 2.26. The van der Waals surface area contributed by atoms with E-state index in [4.69, 9.17) is 5.11 Å². The predicted molar refractivity (Wildman–Crippen MR) is 64.1 cm³/mol. The van der Waals surface area contributed by atoms with Gasteiger partial charge < -0.3 is 10.0 Å². The molecule has 1 saturated heterocycles. The normalized spacial score (nSPS) is 20.4. The number of nitrogens with zero attached hydrogens (tertiary/aromatic N) is 3. The fraction of sp³-hybridized carbons (Fsp3) is 0.500. The number of aliphatic hydroxyl groups excluding tert-OH is 1. The van der Waals surface area contributed by atoms with Gasteiger partial charge in [0.25, 0.3) is 0 Å². The second-order valence-corrected chi connectivity index (χ2v) is 4.22. The molecule has 0 unspecified atom stereocenters. The lowest BCUT2D eigenvalue weighted by atomic mass is 10.2. The van der Waals surface area contributed by atoms with Crippen LogP contribution in [-0.4, -0.2) is 44.9 Å². The monoisotopic (exact) mass is 235 g/mol. The average Bonchev–Trinajstić information content (AvgIpc) is 2.94. The minimum Gasteiger partial charge on any atom is -0.394 e. The van der Waals surface area contributed by atoms with Gasteiger partial charge in [-0.3, -0.25) is 9.48 Å². The molecular weight excluding hydrogens is 218 g/mol. The smallest absolute Gasteiger partial charge is 0.246 e. The molecule has 1 aliphatic rings. The fourth-order valence-electron chi connectivity index (χ4n) is 2.12. The molecule has 2 rings (SSSR count). The maximum absolute atomic E-state index is 11.9. The van der Waals surface area contributed by atoms with Crippen LogP contribution in [0.3, 0.4) is 0 Å². The van der Waals surface area contributed by atoms with Gasteiger partial charge in [-0.1, -0.05) is 0 Å².